The van der Waals surface area contributed by atoms with Gasteiger partial charge in [-0.2, -0.15) is 5.26 Å². The zero-order chi connectivity index (χ0) is 24.3. The Kier molecular flexibility index (Phi) is 5.19. The van der Waals surface area contributed by atoms with Crippen LogP contribution < -0.4 is 10.5 Å². The van der Waals surface area contributed by atoms with E-state index in [1.54, 1.807) is 0 Å². The lowest BCUT2D eigenvalue weighted by Gasteiger charge is -2.19. The number of thiophene rings is 1. The van der Waals surface area contributed by atoms with Gasteiger partial charge < -0.3 is 20.3 Å². The van der Waals surface area contributed by atoms with Crippen LogP contribution in [-0.4, -0.2) is 47.5 Å². The summed E-state index contributed by atoms with van der Waals surface area (Å²) in [7, 11) is 0. The standard InChI is InChI=1S/C23H15ClF2N4O3S/c1-2-16(31)29-7-10-8-33-20-12(23(32)30(10)9-29)5-15(26)18(19(20)24)11-3-4-14(25)21-17(11)13(6-27)22(28)34-21/h2-5,10H,1,7-9,28H2/t10-/m1/s1. The molecule has 172 valence electrons. The van der Waals surface area contributed by atoms with Gasteiger partial charge in [0.2, 0.25) is 5.91 Å². The fourth-order valence-corrected chi connectivity index (χ4v) is 5.66. The maximum absolute atomic E-state index is 15.5. The van der Waals surface area contributed by atoms with Crippen LogP contribution in [0.2, 0.25) is 5.02 Å². The Morgan fingerprint density at radius 2 is 2.12 bits per heavy atom. The van der Waals surface area contributed by atoms with Gasteiger partial charge in [-0.15, -0.1) is 11.3 Å². The van der Waals surface area contributed by atoms with E-state index in [1.165, 1.54) is 15.9 Å². The molecule has 11 heteroatoms. The number of ether oxygens (including phenoxy) is 1. The van der Waals surface area contributed by atoms with Gasteiger partial charge in [0.25, 0.3) is 5.91 Å². The van der Waals surface area contributed by atoms with Gasteiger partial charge in [0.05, 0.1) is 33.6 Å². The molecule has 1 atom stereocenters. The smallest absolute Gasteiger partial charge is 0.259 e. The molecule has 2 amide bonds. The molecule has 1 fully saturated rings. The number of hydrogen-bond donors (Lipinski definition) is 1. The van der Waals surface area contributed by atoms with Crippen molar-refractivity contribution in [1.82, 2.24) is 9.80 Å². The van der Waals surface area contributed by atoms with Crippen molar-refractivity contribution in [2.45, 2.75) is 6.04 Å². The largest absolute Gasteiger partial charge is 0.489 e. The normalized spacial score (nSPS) is 17.1. The quantitative estimate of drug-likeness (QED) is 0.533. The van der Waals surface area contributed by atoms with Crippen molar-refractivity contribution in [3.63, 3.8) is 0 Å². The second kappa shape index (κ2) is 7.97. The van der Waals surface area contributed by atoms with Crippen molar-refractivity contribution in [3.8, 4) is 22.9 Å². The van der Waals surface area contributed by atoms with E-state index in [1.807, 2.05) is 6.07 Å². The summed E-state index contributed by atoms with van der Waals surface area (Å²) in [5.74, 6) is -2.33. The number of nitrogens with two attached hydrogens (primary N) is 1. The van der Waals surface area contributed by atoms with Crippen LogP contribution in [0, 0.1) is 23.0 Å². The van der Waals surface area contributed by atoms with Crippen LogP contribution in [0.25, 0.3) is 21.2 Å². The van der Waals surface area contributed by atoms with E-state index in [0.29, 0.717) is 0 Å². The summed E-state index contributed by atoms with van der Waals surface area (Å²) in [4.78, 5) is 28.1. The summed E-state index contributed by atoms with van der Waals surface area (Å²) in [6.07, 6.45) is 1.16. The van der Waals surface area contributed by atoms with E-state index < -0.39 is 23.6 Å². The number of carbonyl (C=O) groups is 2. The third-order valence-electron chi connectivity index (χ3n) is 5.97. The van der Waals surface area contributed by atoms with Gasteiger partial charge in [0, 0.05) is 17.5 Å². The molecule has 1 aromatic heterocycles. The molecule has 2 N–H and O–H groups in total. The van der Waals surface area contributed by atoms with Crippen molar-refractivity contribution in [3.05, 3.63) is 58.6 Å². The second-order valence-corrected chi connectivity index (χ2v) is 9.25. The van der Waals surface area contributed by atoms with E-state index in [2.05, 4.69) is 6.58 Å². The molecule has 1 saturated heterocycles. The zero-order valence-electron chi connectivity index (χ0n) is 17.4. The molecule has 3 heterocycles. The molecular weight excluding hydrogens is 486 g/mol. The highest BCUT2D eigenvalue weighted by Gasteiger charge is 2.41. The fourth-order valence-electron chi connectivity index (χ4n) is 4.36. The lowest BCUT2D eigenvalue weighted by molar-refractivity contribution is -0.125. The predicted octanol–water partition coefficient (Wildman–Crippen LogP) is 4.14. The van der Waals surface area contributed by atoms with E-state index >= 15 is 4.39 Å². The molecular formula is C23H15ClF2N4O3S. The third-order valence-corrected chi connectivity index (χ3v) is 7.35. The first-order valence-corrected chi connectivity index (χ1v) is 11.2. The molecule has 0 spiro atoms. The van der Waals surface area contributed by atoms with Crippen LogP contribution in [0.4, 0.5) is 13.8 Å². The lowest BCUT2D eigenvalue weighted by atomic mass is 9.96. The Labute approximate surface area is 201 Å². The van der Waals surface area contributed by atoms with Crippen molar-refractivity contribution in [2.75, 3.05) is 25.6 Å². The van der Waals surface area contributed by atoms with Crippen LogP contribution in [0.3, 0.4) is 0 Å². The summed E-state index contributed by atoms with van der Waals surface area (Å²) in [6.45, 7) is 3.72. The molecule has 2 aromatic carbocycles. The van der Waals surface area contributed by atoms with Crippen LogP contribution in [0.1, 0.15) is 15.9 Å². The topological polar surface area (TPSA) is 99.7 Å². The summed E-state index contributed by atoms with van der Waals surface area (Å²) < 4.78 is 35.9. The molecule has 3 aromatic rings. The molecule has 0 radical (unpaired) electrons. The van der Waals surface area contributed by atoms with Crippen LogP contribution >= 0.6 is 22.9 Å². The Balaban J connectivity index is 1.67. The fraction of sp³-hybridized carbons (Fsp3) is 0.174. The minimum atomic E-state index is -0.848. The molecule has 2 aliphatic rings. The van der Waals surface area contributed by atoms with Gasteiger partial charge in [-0.1, -0.05) is 24.2 Å². The Bertz CT molecular complexity index is 1470. The first kappa shape index (κ1) is 22.1. The van der Waals surface area contributed by atoms with E-state index in [-0.39, 0.29) is 73.8 Å². The highest BCUT2D eigenvalue weighted by molar-refractivity contribution is 7.23. The minimum absolute atomic E-state index is 0.0104. The molecule has 0 aliphatic carbocycles. The Morgan fingerprint density at radius 1 is 1.35 bits per heavy atom. The van der Waals surface area contributed by atoms with Gasteiger partial charge in [0.1, 0.15) is 29.3 Å². The maximum Gasteiger partial charge on any atom is 0.259 e. The molecule has 2 aliphatic heterocycles. The van der Waals surface area contributed by atoms with Crippen LogP contribution in [0.5, 0.6) is 5.75 Å². The van der Waals surface area contributed by atoms with Gasteiger partial charge in [-0.3, -0.25) is 9.59 Å². The average molecular weight is 501 g/mol. The zero-order valence-corrected chi connectivity index (χ0v) is 19.0. The number of anilines is 1. The van der Waals surface area contributed by atoms with Crippen LogP contribution in [0.15, 0.2) is 30.9 Å². The monoisotopic (exact) mass is 500 g/mol. The second-order valence-electron chi connectivity index (χ2n) is 7.82. The molecule has 0 bridgehead atoms. The number of nitriles is 1. The molecule has 34 heavy (non-hydrogen) atoms. The van der Waals surface area contributed by atoms with Gasteiger partial charge in [0.15, 0.2) is 5.75 Å². The predicted molar refractivity (Wildman–Crippen MR) is 124 cm³/mol. The third kappa shape index (κ3) is 3.12. The highest BCUT2D eigenvalue weighted by Crippen LogP contribution is 2.47. The van der Waals surface area contributed by atoms with Crippen molar-refractivity contribution in [2.24, 2.45) is 0 Å². The highest BCUT2D eigenvalue weighted by atomic mass is 35.5. The number of carbonyl (C=O) groups excluding carboxylic acids is 2. The molecule has 7 nitrogen and oxygen atoms in total. The van der Waals surface area contributed by atoms with Crippen molar-refractivity contribution < 1.29 is 23.1 Å². The SMILES string of the molecule is C=CC(=O)N1C[C@@H]2COc3c(cc(F)c(-c4ccc(F)c5sc(N)c(C#N)c45)c3Cl)C(=O)N2C1. The Morgan fingerprint density at radius 3 is 2.82 bits per heavy atom. The molecule has 0 unspecified atom stereocenters. The minimum Gasteiger partial charge on any atom is -0.489 e. The van der Waals surface area contributed by atoms with Crippen molar-refractivity contribution in [1.29, 1.82) is 5.26 Å². The van der Waals surface area contributed by atoms with Gasteiger partial charge >= 0.3 is 0 Å². The van der Waals surface area contributed by atoms with E-state index in [4.69, 9.17) is 22.1 Å². The number of halogens is 3. The summed E-state index contributed by atoms with van der Waals surface area (Å²) in [5, 5.41) is 9.62. The maximum atomic E-state index is 15.5. The van der Waals surface area contributed by atoms with Crippen LogP contribution in [-0.2, 0) is 4.79 Å². The molecule has 0 saturated carbocycles. The average Bonchev–Trinajstić information content (AvgIpc) is 3.36. The Hall–Kier alpha value is -3.68. The number of nitrogen functional groups attached to an aromatic ring is 1. The summed E-state index contributed by atoms with van der Waals surface area (Å²) in [6, 6.07) is 4.96. The van der Waals surface area contributed by atoms with Crippen molar-refractivity contribution >= 4 is 49.8 Å². The number of fused-ring (bicyclic) bond motifs is 3. The number of nitrogens with zero attached hydrogens (tertiary/aromatic N) is 3. The van der Waals surface area contributed by atoms with Gasteiger partial charge in [-0.25, -0.2) is 8.78 Å². The number of rotatable bonds is 2. The number of benzene rings is 2. The van der Waals surface area contributed by atoms with E-state index in [0.717, 1.165) is 29.5 Å². The van der Waals surface area contributed by atoms with E-state index in [9.17, 15) is 19.2 Å². The lowest BCUT2D eigenvalue weighted by Crippen LogP contribution is -2.38. The molecule has 5 rings (SSSR count). The van der Waals surface area contributed by atoms with Gasteiger partial charge in [-0.05, 0) is 23.8 Å². The number of hydrogen-bond acceptors (Lipinski definition) is 6. The first-order valence-electron chi connectivity index (χ1n) is 10.0. The number of amides is 2. The summed E-state index contributed by atoms with van der Waals surface area (Å²) >= 11 is 7.47. The first-order chi connectivity index (χ1) is 16.3. The summed E-state index contributed by atoms with van der Waals surface area (Å²) in [5.41, 5.74) is 5.85.